The highest BCUT2D eigenvalue weighted by atomic mass is 79.9. The average molecular weight is 417 g/mol. The quantitative estimate of drug-likeness (QED) is 0.470. The van der Waals surface area contributed by atoms with E-state index in [0.29, 0.717) is 11.5 Å². The largest absolute Gasteiger partial charge is 0.411 e. The van der Waals surface area contributed by atoms with E-state index < -0.39 is 53.5 Å². The minimum absolute atomic E-state index is 0.203. The SMILES string of the molecule is NC(=O)Oc1nscc1S(=O)(=O)c1c(F)cc(F)c(Br)c1F. The topological polar surface area (TPSA) is 99.3 Å². The Labute approximate surface area is 133 Å². The van der Waals surface area contributed by atoms with E-state index in [2.05, 4.69) is 25.0 Å². The minimum atomic E-state index is -4.80. The number of nitrogens with zero attached hydrogens (tertiary/aromatic N) is 1. The molecule has 2 aromatic rings. The standard InChI is InChI=1S/C10H4BrF3N2O4S2/c11-6-3(12)1-4(13)8(7(6)14)22(18,19)5-2-21-16-9(5)20-10(15)17/h1-2H,(H2,15,17). The normalized spacial score (nSPS) is 11.5. The fourth-order valence-electron chi connectivity index (χ4n) is 1.47. The summed E-state index contributed by atoms with van der Waals surface area (Å²) in [6, 6.07) is 0.203. The molecule has 22 heavy (non-hydrogen) atoms. The smallest absolute Gasteiger partial charge is 0.389 e. The molecule has 0 bridgehead atoms. The summed E-state index contributed by atoms with van der Waals surface area (Å²) in [5.74, 6) is -5.34. The number of nitrogens with two attached hydrogens (primary N) is 1. The van der Waals surface area contributed by atoms with Crippen molar-refractivity contribution in [2.45, 2.75) is 9.79 Å². The highest BCUT2D eigenvalue weighted by molar-refractivity contribution is 9.10. The van der Waals surface area contributed by atoms with Crippen molar-refractivity contribution in [2.24, 2.45) is 5.73 Å². The molecule has 6 nitrogen and oxygen atoms in total. The summed E-state index contributed by atoms with van der Waals surface area (Å²) in [7, 11) is -4.80. The number of amides is 1. The Morgan fingerprint density at radius 2 is 1.95 bits per heavy atom. The van der Waals surface area contributed by atoms with Crippen LogP contribution in [0.5, 0.6) is 5.88 Å². The summed E-state index contributed by atoms with van der Waals surface area (Å²) < 4.78 is 72.5. The van der Waals surface area contributed by atoms with E-state index in [9.17, 15) is 26.4 Å². The predicted octanol–water partition coefficient (Wildman–Crippen LogP) is 2.61. The van der Waals surface area contributed by atoms with Crippen molar-refractivity contribution in [1.29, 1.82) is 0 Å². The fraction of sp³-hybridized carbons (Fsp3) is 0. The third-order valence-corrected chi connectivity index (χ3v) is 5.61. The molecule has 2 N–H and O–H groups in total. The van der Waals surface area contributed by atoms with Crippen LogP contribution in [-0.4, -0.2) is 18.9 Å². The third-order valence-electron chi connectivity index (χ3n) is 2.33. The van der Waals surface area contributed by atoms with E-state index in [-0.39, 0.29) is 6.07 Å². The Hall–Kier alpha value is -1.66. The molecule has 0 radical (unpaired) electrons. The van der Waals surface area contributed by atoms with Crippen molar-refractivity contribution in [1.82, 2.24) is 4.37 Å². The Morgan fingerprint density at radius 1 is 1.32 bits per heavy atom. The highest BCUT2D eigenvalue weighted by Gasteiger charge is 2.33. The average Bonchev–Trinajstić information content (AvgIpc) is 2.83. The number of halogens is 4. The Balaban J connectivity index is 2.70. The second-order valence-electron chi connectivity index (χ2n) is 3.71. The number of benzene rings is 1. The minimum Gasteiger partial charge on any atom is -0.389 e. The Bertz CT molecular complexity index is 869. The van der Waals surface area contributed by atoms with E-state index in [0.717, 1.165) is 5.38 Å². The summed E-state index contributed by atoms with van der Waals surface area (Å²) in [6.07, 6.45) is -1.36. The summed E-state index contributed by atoms with van der Waals surface area (Å²) in [4.78, 5) is 8.50. The van der Waals surface area contributed by atoms with Crippen molar-refractivity contribution in [3.05, 3.63) is 33.4 Å². The van der Waals surface area contributed by atoms with Gasteiger partial charge in [-0.3, -0.25) is 0 Å². The summed E-state index contributed by atoms with van der Waals surface area (Å²) in [5, 5.41) is 0.893. The van der Waals surface area contributed by atoms with Gasteiger partial charge in [-0.1, -0.05) is 0 Å². The summed E-state index contributed by atoms with van der Waals surface area (Å²) in [6.45, 7) is 0. The monoisotopic (exact) mass is 416 g/mol. The first-order valence-corrected chi connectivity index (χ1v) is 8.27. The van der Waals surface area contributed by atoms with Crippen LogP contribution in [0.3, 0.4) is 0 Å². The molecule has 0 atom stereocenters. The van der Waals surface area contributed by atoms with Crippen molar-refractivity contribution in [2.75, 3.05) is 0 Å². The van der Waals surface area contributed by atoms with Gasteiger partial charge in [-0.15, -0.1) is 0 Å². The maximum absolute atomic E-state index is 13.9. The molecule has 118 valence electrons. The van der Waals surface area contributed by atoms with Gasteiger partial charge in [0.05, 0.1) is 4.47 Å². The summed E-state index contributed by atoms with van der Waals surface area (Å²) >= 11 is 3.04. The van der Waals surface area contributed by atoms with Crippen LogP contribution in [0.15, 0.2) is 25.7 Å². The Morgan fingerprint density at radius 3 is 2.55 bits per heavy atom. The van der Waals surface area contributed by atoms with Gasteiger partial charge in [0.25, 0.3) is 5.88 Å². The molecule has 2 rings (SSSR count). The van der Waals surface area contributed by atoms with E-state index in [4.69, 9.17) is 5.73 Å². The molecule has 0 aliphatic rings. The zero-order chi connectivity index (χ0) is 16.7. The van der Waals surface area contributed by atoms with E-state index in [1.54, 1.807) is 0 Å². The van der Waals surface area contributed by atoms with Gasteiger partial charge >= 0.3 is 6.09 Å². The molecule has 0 saturated carbocycles. The highest BCUT2D eigenvalue weighted by Crippen LogP contribution is 2.35. The van der Waals surface area contributed by atoms with Crippen LogP contribution >= 0.6 is 27.5 Å². The van der Waals surface area contributed by atoms with Gasteiger partial charge in [-0.2, -0.15) is 4.37 Å². The van der Waals surface area contributed by atoms with Gasteiger partial charge in [-0.25, -0.2) is 26.4 Å². The molecule has 1 heterocycles. The first-order valence-electron chi connectivity index (χ1n) is 5.16. The number of primary amides is 1. The zero-order valence-corrected chi connectivity index (χ0v) is 13.4. The number of carbonyl (C=O) groups is 1. The molecule has 1 aromatic heterocycles. The first kappa shape index (κ1) is 16.7. The van der Waals surface area contributed by atoms with Crippen molar-refractivity contribution < 1.29 is 31.1 Å². The fourth-order valence-corrected chi connectivity index (χ4v) is 4.27. The van der Waals surface area contributed by atoms with Crippen LogP contribution in [0.4, 0.5) is 18.0 Å². The van der Waals surface area contributed by atoms with E-state index >= 15 is 0 Å². The van der Waals surface area contributed by atoms with Gasteiger partial charge in [0.2, 0.25) is 9.84 Å². The molecule has 0 saturated heterocycles. The molecule has 0 aliphatic heterocycles. The lowest BCUT2D eigenvalue weighted by Crippen LogP contribution is -2.18. The number of sulfone groups is 1. The second kappa shape index (κ2) is 5.85. The molecule has 0 unspecified atom stereocenters. The van der Waals surface area contributed by atoms with Gasteiger partial charge in [0.1, 0.15) is 21.4 Å². The Kier molecular flexibility index (Phi) is 4.44. The lowest BCUT2D eigenvalue weighted by molar-refractivity contribution is 0.208. The second-order valence-corrected chi connectivity index (χ2v) is 6.98. The molecule has 1 aromatic carbocycles. The molecule has 0 aliphatic carbocycles. The van der Waals surface area contributed by atoms with Gasteiger partial charge in [-0.05, 0) is 27.5 Å². The van der Waals surface area contributed by atoms with E-state index in [1.807, 2.05) is 0 Å². The number of aromatic nitrogens is 1. The first-order chi connectivity index (χ1) is 10.2. The number of ether oxygens (including phenoxy) is 1. The van der Waals surface area contributed by atoms with Crippen molar-refractivity contribution in [3.8, 4) is 5.88 Å². The van der Waals surface area contributed by atoms with Crippen LogP contribution in [0.1, 0.15) is 0 Å². The maximum atomic E-state index is 13.9. The van der Waals surface area contributed by atoms with Crippen LogP contribution in [0.2, 0.25) is 0 Å². The predicted molar refractivity (Wildman–Crippen MR) is 71.8 cm³/mol. The molecular weight excluding hydrogens is 413 g/mol. The lowest BCUT2D eigenvalue weighted by Gasteiger charge is -2.08. The number of hydrogen-bond donors (Lipinski definition) is 1. The van der Waals surface area contributed by atoms with Crippen LogP contribution in [0, 0.1) is 17.5 Å². The molecule has 1 amide bonds. The third kappa shape index (κ3) is 2.80. The van der Waals surface area contributed by atoms with Crippen LogP contribution in [-0.2, 0) is 9.84 Å². The maximum Gasteiger partial charge on any atom is 0.411 e. The number of carbonyl (C=O) groups excluding carboxylic acids is 1. The number of hydrogen-bond acceptors (Lipinski definition) is 6. The zero-order valence-electron chi connectivity index (χ0n) is 10.1. The lowest BCUT2D eigenvalue weighted by atomic mass is 10.3. The van der Waals surface area contributed by atoms with E-state index in [1.165, 1.54) is 0 Å². The van der Waals surface area contributed by atoms with Gasteiger partial charge in [0, 0.05) is 11.4 Å². The van der Waals surface area contributed by atoms with Crippen LogP contribution < -0.4 is 10.5 Å². The van der Waals surface area contributed by atoms with Crippen molar-refractivity contribution in [3.63, 3.8) is 0 Å². The van der Waals surface area contributed by atoms with Crippen molar-refractivity contribution >= 4 is 43.4 Å². The molecule has 0 spiro atoms. The molecular formula is C10H4BrF3N2O4S2. The molecule has 0 fully saturated rings. The molecule has 12 heteroatoms. The number of rotatable bonds is 3. The van der Waals surface area contributed by atoms with Gasteiger partial charge in [0.15, 0.2) is 5.82 Å². The summed E-state index contributed by atoms with van der Waals surface area (Å²) in [5.41, 5.74) is 4.74. The van der Waals surface area contributed by atoms with Gasteiger partial charge < -0.3 is 10.5 Å². The van der Waals surface area contributed by atoms with Crippen LogP contribution in [0.25, 0.3) is 0 Å².